The summed E-state index contributed by atoms with van der Waals surface area (Å²) in [5, 5.41) is 0. The molecule has 2 rings (SSSR count). The summed E-state index contributed by atoms with van der Waals surface area (Å²) in [7, 11) is 0. The average Bonchev–Trinajstić information content (AvgIpc) is 2.30. The Morgan fingerprint density at radius 1 is 0.625 bits per heavy atom. The molecule has 0 spiro atoms. The third-order valence-corrected chi connectivity index (χ3v) is 2.60. The van der Waals surface area contributed by atoms with E-state index in [2.05, 4.69) is 67.6 Å². The van der Waals surface area contributed by atoms with Gasteiger partial charge in [0.05, 0.1) is 0 Å². The molecule has 0 heterocycles. The van der Waals surface area contributed by atoms with Crippen molar-refractivity contribution in [1.29, 1.82) is 0 Å². The molecule has 2 aromatic rings. The van der Waals surface area contributed by atoms with Crippen molar-refractivity contribution >= 4 is 103 Å². The van der Waals surface area contributed by atoms with Crippen LogP contribution >= 0.6 is 0 Å². The predicted octanol–water partition coefficient (Wildman–Crippen LogP) is 2.54. The summed E-state index contributed by atoms with van der Waals surface area (Å²) >= 11 is 0. The Kier molecular flexibility index (Phi) is 10.6. The fourth-order valence-electron chi connectivity index (χ4n) is 1.68. The summed E-state index contributed by atoms with van der Waals surface area (Å²) in [6.45, 7) is 2.24. The Morgan fingerprint density at radius 2 is 0.938 bits per heavy atom. The van der Waals surface area contributed by atoms with Crippen LogP contribution in [0.2, 0.25) is 0 Å². The zero-order valence-electron chi connectivity index (χ0n) is 8.35. The molecular formula is C14H16K2. The van der Waals surface area contributed by atoms with Gasteiger partial charge >= 0.3 is 103 Å². The molecule has 0 N–H and O–H groups in total. The fourth-order valence-corrected chi connectivity index (χ4v) is 1.68. The molecule has 0 atom stereocenters. The van der Waals surface area contributed by atoms with E-state index in [-0.39, 0.29) is 103 Å². The molecule has 0 saturated heterocycles. The fraction of sp³-hybridized carbons (Fsp3) is 0.143. The van der Waals surface area contributed by atoms with Crippen LogP contribution in [-0.2, 0) is 0 Å². The van der Waals surface area contributed by atoms with Crippen LogP contribution in [0.15, 0.2) is 60.7 Å². The molecule has 0 aromatic heterocycles. The molecule has 0 radical (unpaired) electrons. The second-order valence-electron chi connectivity index (χ2n) is 3.54. The van der Waals surface area contributed by atoms with Crippen LogP contribution in [0.4, 0.5) is 0 Å². The quantitative estimate of drug-likeness (QED) is 0.730. The van der Waals surface area contributed by atoms with Gasteiger partial charge in [-0.2, -0.15) is 0 Å². The molecule has 2 aromatic carbocycles. The zero-order valence-corrected chi connectivity index (χ0v) is 8.35. The van der Waals surface area contributed by atoms with Crippen LogP contribution in [0, 0.1) is 0 Å². The summed E-state index contributed by atoms with van der Waals surface area (Å²) in [4.78, 5) is 0. The van der Waals surface area contributed by atoms with Crippen molar-refractivity contribution < 1.29 is 0 Å². The molecule has 0 aliphatic heterocycles. The van der Waals surface area contributed by atoms with Gasteiger partial charge in [-0.1, -0.05) is 67.6 Å². The molecule has 0 nitrogen and oxygen atoms in total. The number of rotatable bonds is 2. The van der Waals surface area contributed by atoms with Gasteiger partial charge in [0.15, 0.2) is 0 Å². The van der Waals surface area contributed by atoms with Gasteiger partial charge in [-0.05, 0) is 11.1 Å². The first-order chi connectivity index (χ1) is 6.88. The van der Waals surface area contributed by atoms with E-state index in [9.17, 15) is 0 Å². The molecular weight excluding hydrogens is 246 g/mol. The summed E-state index contributed by atoms with van der Waals surface area (Å²) in [5.74, 6) is 0.484. The molecule has 0 saturated carbocycles. The molecule has 0 aliphatic carbocycles. The Balaban J connectivity index is 0.00000112. The van der Waals surface area contributed by atoms with Gasteiger partial charge in [0.1, 0.15) is 0 Å². The molecule has 0 fully saturated rings. The van der Waals surface area contributed by atoms with E-state index in [0.29, 0.717) is 5.92 Å². The maximum atomic E-state index is 2.24. The second-order valence-corrected chi connectivity index (χ2v) is 3.54. The van der Waals surface area contributed by atoms with E-state index >= 15 is 0 Å². The Hall–Kier alpha value is 1.71. The Labute approximate surface area is 183 Å². The van der Waals surface area contributed by atoms with E-state index in [1.54, 1.807) is 0 Å². The van der Waals surface area contributed by atoms with E-state index in [1.165, 1.54) is 11.1 Å². The monoisotopic (exact) mass is 262 g/mol. The van der Waals surface area contributed by atoms with Gasteiger partial charge in [-0.15, -0.1) is 0 Å². The third kappa shape index (κ3) is 5.14. The molecule has 0 unspecified atom stereocenters. The molecule has 74 valence electrons. The SMILES string of the molecule is CC(c1ccccc1)c1ccccc1.[KH].[KH]. The third-order valence-electron chi connectivity index (χ3n) is 2.60. The van der Waals surface area contributed by atoms with Crippen LogP contribution in [-0.4, -0.2) is 103 Å². The molecule has 0 aliphatic rings. The average molecular weight is 262 g/mol. The van der Waals surface area contributed by atoms with Crippen molar-refractivity contribution in [2.75, 3.05) is 0 Å². The minimum atomic E-state index is 0. The molecule has 0 amide bonds. The Morgan fingerprint density at radius 3 is 1.25 bits per heavy atom. The van der Waals surface area contributed by atoms with Gasteiger partial charge in [0.25, 0.3) is 0 Å². The predicted molar refractivity (Wildman–Crippen MR) is 74.7 cm³/mol. The topological polar surface area (TPSA) is 0 Å². The zero-order chi connectivity index (χ0) is 9.80. The van der Waals surface area contributed by atoms with Crippen molar-refractivity contribution in [3.05, 3.63) is 71.8 Å². The summed E-state index contributed by atoms with van der Waals surface area (Å²) in [5.41, 5.74) is 2.75. The number of hydrogen-bond donors (Lipinski definition) is 0. The van der Waals surface area contributed by atoms with Crippen molar-refractivity contribution in [2.24, 2.45) is 0 Å². The normalized spacial score (nSPS) is 9.12. The van der Waals surface area contributed by atoms with Crippen LogP contribution in [0.25, 0.3) is 0 Å². The van der Waals surface area contributed by atoms with Gasteiger partial charge < -0.3 is 0 Å². The first-order valence-electron chi connectivity index (χ1n) is 4.98. The second kappa shape index (κ2) is 9.62. The van der Waals surface area contributed by atoms with Crippen LogP contribution < -0.4 is 0 Å². The van der Waals surface area contributed by atoms with E-state index in [0.717, 1.165) is 0 Å². The van der Waals surface area contributed by atoms with Crippen molar-refractivity contribution in [1.82, 2.24) is 0 Å². The molecule has 16 heavy (non-hydrogen) atoms. The van der Waals surface area contributed by atoms with Gasteiger partial charge in [0.2, 0.25) is 0 Å². The number of hydrogen-bond acceptors (Lipinski definition) is 0. The van der Waals surface area contributed by atoms with Crippen molar-refractivity contribution in [2.45, 2.75) is 12.8 Å². The van der Waals surface area contributed by atoms with Crippen LogP contribution in [0.5, 0.6) is 0 Å². The minimum absolute atomic E-state index is 0. The first kappa shape index (κ1) is 17.7. The van der Waals surface area contributed by atoms with E-state index in [1.807, 2.05) is 0 Å². The number of benzene rings is 2. The van der Waals surface area contributed by atoms with Crippen molar-refractivity contribution in [3.8, 4) is 0 Å². The van der Waals surface area contributed by atoms with E-state index < -0.39 is 0 Å². The van der Waals surface area contributed by atoms with Crippen LogP contribution in [0.3, 0.4) is 0 Å². The Bertz CT molecular complexity index is 344. The summed E-state index contributed by atoms with van der Waals surface area (Å²) in [6, 6.07) is 21.2. The molecule has 0 bridgehead atoms. The summed E-state index contributed by atoms with van der Waals surface area (Å²) < 4.78 is 0. The van der Waals surface area contributed by atoms with E-state index in [4.69, 9.17) is 0 Å². The van der Waals surface area contributed by atoms with Gasteiger partial charge in [0, 0.05) is 5.92 Å². The van der Waals surface area contributed by atoms with Crippen molar-refractivity contribution in [3.63, 3.8) is 0 Å². The summed E-state index contributed by atoms with van der Waals surface area (Å²) in [6.07, 6.45) is 0. The maximum absolute atomic E-state index is 2.24. The van der Waals surface area contributed by atoms with Gasteiger partial charge in [-0.25, -0.2) is 0 Å². The first-order valence-corrected chi connectivity index (χ1v) is 4.98. The standard InChI is InChI=1S/C14H14.2K.2H/c1-12(13-8-4-2-5-9-13)14-10-6-3-7-11-14;;;;/h2-12H,1H3;;;;. The van der Waals surface area contributed by atoms with Crippen LogP contribution in [0.1, 0.15) is 24.0 Å². The van der Waals surface area contributed by atoms with Gasteiger partial charge in [-0.3, -0.25) is 0 Å². The molecule has 2 heteroatoms.